The van der Waals surface area contributed by atoms with Gasteiger partial charge in [0, 0.05) is 19.5 Å². The molecule has 356 valence electrons. The molecule has 64 heavy (non-hydrogen) atoms. The number of alkyl carbamates (subject to hydrolysis) is 1. The van der Waals surface area contributed by atoms with Crippen LogP contribution < -0.4 is 25.4 Å². The molecule has 1 fully saturated rings. The molecule has 4 atom stereocenters. The summed E-state index contributed by atoms with van der Waals surface area (Å²) >= 11 is 2.23. The van der Waals surface area contributed by atoms with Gasteiger partial charge in [0.25, 0.3) is 0 Å². The molecular weight excluding hydrogens is 962 g/mol. The minimum atomic E-state index is -4.68. The van der Waals surface area contributed by atoms with Crippen molar-refractivity contribution in [2.24, 2.45) is 0 Å². The van der Waals surface area contributed by atoms with Crippen molar-refractivity contribution >= 4 is 40.4 Å². The Kier molecular flexibility index (Phi) is 22.5. The first-order chi connectivity index (χ1) is 30.6. The van der Waals surface area contributed by atoms with Gasteiger partial charge in [-0.2, -0.15) is 13.2 Å². The van der Waals surface area contributed by atoms with E-state index in [-0.39, 0.29) is 38.2 Å². The van der Waals surface area contributed by atoms with E-state index in [0.717, 1.165) is 21.1 Å². The summed E-state index contributed by atoms with van der Waals surface area (Å²) in [5.41, 5.74) is -0.659. The van der Waals surface area contributed by atoms with E-state index in [4.69, 9.17) is 37.9 Å². The molecule has 0 radical (unpaired) electrons. The van der Waals surface area contributed by atoms with Crippen LogP contribution in [0.4, 0.5) is 23.8 Å². The molecule has 1 aliphatic heterocycles. The number of ether oxygens (including phenoxy) is 8. The number of anilines is 1. The zero-order valence-electron chi connectivity index (χ0n) is 36.2. The molecule has 0 aliphatic carbocycles. The second-order valence-corrected chi connectivity index (χ2v) is 16.6. The van der Waals surface area contributed by atoms with E-state index in [1.807, 2.05) is 63.2 Å². The first kappa shape index (κ1) is 52.5. The fourth-order valence-electron chi connectivity index (χ4n) is 5.84. The molecule has 1 saturated heterocycles. The van der Waals surface area contributed by atoms with Crippen LogP contribution in [0, 0.1) is 3.57 Å². The highest BCUT2D eigenvalue weighted by molar-refractivity contribution is 14.1. The van der Waals surface area contributed by atoms with Crippen LogP contribution in [0.25, 0.3) is 0 Å². The maximum Gasteiger partial charge on any atom is 0.434 e. The van der Waals surface area contributed by atoms with Gasteiger partial charge in [-0.05, 0) is 105 Å². The molecule has 5 N–H and O–H groups in total. The van der Waals surface area contributed by atoms with Crippen LogP contribution in [0.1, 0.15) is 51.3 Å². The smallest absolute Gasteiger partial charge is 0.434 e. The Morgan fingerprint density at radius 2 is 1.50 bits per heavy atom. The normalized spacial score (nSPS) is 17.7. The predicted octanol–water partition coefficient (Wildman–Crippen LogP) is 5.29. The van der Waals surface area contributed by atoms with Crippen LogP contribution in [0.5, 0.6) is 17.2 Å². The number of amides is 2. The van der Waals surface area contributed by atoms with Gasteiger partial charge in [0.2, 0.25) is 5.91 Å². The third-order valence-electron chi connectivity index (χ3n) is 9.05. The molecule has 0 saturated carbocycles. The van der Waals surface area contributed by atoms with Gasteiger partial charge in [-0.15, -0.1) is 0 Å². The Labute approximate surface area is 384 Å². The third-order valence-corrected chi connectivity index (χ3v) is 9.90. The molecule has 17 nitrogen and oxygen atoms in total. The number of carbonyl (C=O) groups excluding carboxylic acids is 2. The van der Waals surface area contributed by atoms with E-state index < -0.39 is 47.9 Å². The second kappa shape index (κ2) is 27.4. The minimum absolute atomic E-state index is 0.0328. The summed E-state index contributed by atoms with van der Waals surface area (Å²) in [6.45, 7) is 8.81. The number of aliphatic hydroxyl groups is 2. The molecule has 0 unspecified atom stereocenters. The van der Waals surface area contributed by atoms with Crippen molar-refractivity contribution in [3.63, 3.8) is 0 Å². The number of carbonyl (C=O) groups is 2. The van der Waals surface area contributed by atoms with Crippen molar-refractivity contribution in [2.75, 3.05) is 84.5 Å². The van der Waals surface area contributed by atoms with Gasteiger partial charge in [0.15, 0.2) is 5.69 Å². The predicted molar refractivity (Wildman–Crippen MR) is 235 cm³/mol. The number of aliphatic hydroxyl groups excluding tert-OH is 2. The Morgan fingerprint density at radius 3 is 2.17 bits per heavy atom. The number of unbranched alkanes of at least 4 members (excludes halogenated alkanes) is 1. The Bertz CT molecular complexity index is 1840. The highest BCUT2D eigenvalue weighted by atomic mass is 127. The summed E-state index contributed by atoms with van der Waals surface area (Å²) in [7, 11) is 0. The summed E-state index contributed by atoms with van der Waals surface area (Å²) < 4.78 is 84.3. The standard InChI is InChI=1S/C43H59F3IN5O12/c1-42(2,3)64-41(56)50-14-13-29-7-12-34(32(47)24-29)63-31-10-8-30(9-11-31)61-16-5-4-6-38(53)49-15-17-57-18-19-58-20-21-59-22-23-60-28-35-40(55)39(54)33(27-62-35)51-37-26-48-25-36(52-37)43(44,45)46/h7-12,24-26,33,35,39-40,54-55H,4-6,13-23,27-28H2,1-3H3,(H,49,53)(H,50,56)(H,51,52)/t33-,35+,39+,40-/m1/s1. The molecule has 21 heteroatoms. The first-order valence-corrected chi connectivity index (χ1v) is 22.0. The quantitative estimate of drug-likeness (QED) is 0.0485. The lowest BCUT2D eigenvalue weighted by atomic mass is 9.98. The number of benzene rings is 2. The lowest BCUT2D eigenvalue weighted by Gasteiger charge is -2.38. The van der Waals surface area contributed by atoms with Crippen molar-refractivity contribution in [2.45, 2.75) is 82.6 Å². The Balaban J connectivity index is 0.917. The molecule has 4 rings (SSSR count). The van der Waals surface area contributed by atoms with Crippen molar-refractivity contribution in [3.8, 4) is 17.2 Å². The number of aromatic nitrogens is 2. The molecule has 2 aromatic carbocycles. The van der Waals surface area contributed by atoms with Gasteiger partial charge in [-0.25, -0.2) is 9.78 Å². The Hall–Kier alpha value is -4.10. The van der Waals surface area contributed by atoms with Crippen molar-refractivity contribution in [3.05, 3.63) is 69.7 Å². The number of hydrogen-bond acceptors (Lipinski definition) is 15. The molecule has 0 spiro atoms. The molecule has 2 amide bonds. The van der Waals surface area contributed by atoms with Gasteiger partial charge in [0.05, 0.1) is 88.1 Å². The minimum Gasteiger partial charge on any atom is -0.494 e. The van der Waals surface area contributed by atoms with E-state index in [1.54, 1.807) is 0 Å². The fourth-order valence-corrected chi connectivity index (χ4v) is 6.53. The maximum absolute atomic E-state index is 12.9. The van der Waals surface area contributed by atoms with Gasteiger partial charge in [-0.3, -0.25) is 9.78 Å². The van der Waals surface area contributed by atoms with E-state index in [2.05, 4.69) is 48.5 Å². The Morgan fingerprint density at radius 1 is 0.828 bits per heavy atom. The van der Waals surface area contributed by atoms with E-state index in [9.17, 15) is 33.0 Å². The maximum atomic E-state index is 12.9. The van der Waals surface area contributed by atoms with Crippen LogP contribution in [-0.2, 0) is 45.8 Å². The number of nitrogens with zero attached hydrogens (tertiary/aromatic N) is 2. The molecule has 1 aliphatic rings. The fraction of sp³-hybridized carbons (Fsp3) is 0.581. The SMILES string of the molecule is CC(C)(C)OC(=O)NCCc1ccc(Oc2ccc(OCCCCC(=O)NCCOCCOCCOCCOC[C@@H]3OC[C@@H](Nc4cncc(C(F)(F)F)n4)[C@H](O)[C@@H]3O)cc2)c(I)c1. The summed E-state index contributed by atoms with van der Waals surface area (Å²) in [5, 5.41) is 29.1. The number of halogens is 4. The molecule has 3 aromatic rings. The number of nitrogens with one attached hydrogen (secondary N) is 3. The topological polar surface area (TPSA) is 210 Å². The average Bonchev–Trinajstić information content (AvgIpc) is 3.24. The largest absolute Gasteiger partial charge is 0.494 e. The number of hydrogen-bond donors (Lipinski definition) is 5. The highest BCUT2D eigenvalue weighted by Crippen LogP contribution is 2.30. The van der Waals surface area contributed by atoms with E-state index >= 15 is 0 Å². The van der Waals surface area contributed by atoms with Gasteiger partial charge in [-0.1, -0.05) is 6.07 Å². The van der Waals surface area contributed by atoms with Crippen LogP contribution in [0.15, 0.2) is 54.9 Å². The van der Waals surface area contributed by atoms with Crippen molar-refractivity contribution < 1.29 is 70.9 Å². The molecule has 2 heterocycles. The van der Waals surface area contributed by atoms with E-state index in [0.29, 0.717) is 96.1 Å². The lowest BCUT2D eigenvalue weighted by molar-refractivity contribution is -0.161. The molecular formula is C43H59F3IN5O12. The van der Waals surface area contributed by atoms with Crippen molar-refractivity contribution in [1.82, 2.24) is 20.6 Å². The van der Waals surface area contributed by atoms with Gasteiger partial charge < -0.3 is 64.1 Å². The number of rotatable bonds is 27. The average molecular weight is 1020 g/mol. The first-order valence-electron chi connectivity index (χ1n) is 20.9. The van der Waals surface area contributed by atoms with Gasteiger partial charge >= 0.3 is 12.3 Å². The summed E-state index contributed by atoms with van der Waals surface area (Å²) in [6, 6.07) is 12.3. The monoisotopic (exact) mass is 1020 g/mol. The molecule has 1 aromatic heterocycles. The lowest BCUT2D eigenvalue weighted by Crippen LogP contribution is -2.57. The van der Waals surface area contributed by atoms with Crippen LogP contribution in [0.2, 0.25) is 0 Å². The highest BCUT2D eigenvalue weighted by Gasteiger charge is 2.39. The van der Waals surface area contributed by atoms with Gasteiger partial charge in [0.1, 0.15) is 47.0 Å². The third kappa shape index (κ3) is 20.4. The van der Waals surface area contributed by atoms with Crippen LogP contribution in [-0.4, -0.2) is 141 Å². The second-order valence-electron chi connectivity index (χ2n) is 15.5. The zero-order valence-corrected chi connectivity index (χ0v) is 38.4. The van der Waals surface area contributed by atoms with Crippen LogP contribution >= 0.6 is 22.6 Å². The molecule has 0 bridgehead atoms. The summed E-state index contributed by atoms with van der Waals surface area (Å²) in [4.78, 5) is 31.0. The number of alkyl halides is 3. The summed E-state index contributed by atoms with van der Waals surface area (Å²) in [6.07, 6.45) is -4.56. The van der Waals surface area contributed by atoms with E-state index in [1.165, 1.54) is 0 Å². The van der Waals surface area contributed by atoms with Crippen LogP contribution in [0.3, 0.4) is 0 Å². The summed E-state index contributed by atoms with van der Waals surface area (Å²) in [5.74, 6) is 1.84. The van der Waals surface area contributed by atoms with Crippen molar-refractivity contribution in [1.29, 1.82) is 0 Å². The zero-order chi connectivity index (χ0) is 46.4.